The lowest BCUT2D eigenvalue weighted by molar-refractivity contribution is -0.134. The van der Waals surface area contributed by atoms with Crippen molar-refractivity contribution in [3.8, 4) is 5.75 Å². The third kappa shape index (κ3) is 8.85. The van der Waals surface area contributed by atoms with Gasteiger partial charge in [-0.05, 0) is 107 Å². The summed E-state index contributed by atoms with van der Waals surface area (Å²) < 4.78 is 5.73. The molecule has 1 aromatic carbocycles. The monoisotopic (exact) mass is 806 g/mol. The standard InChI is InChI=1S/C44H58N10O5/c1-4-36-43(58)52(2)37-26-47-44(51-40(37)54(36)31-7-5-6-8-31)49-35-16-9-28(23-38(35)59-3)41(56)48-30-12-10-29(11-13-30)45-24-27-19-21-53(22-20-27)32-14-17-34(46-25-32)33-15-18-39(55)50-42(33)57/h9,14,16-17,23,25-27,29-31,33,36,45H,4-8,10-13,15,18-22,24H2,1-3H3,(H,48,56)(H,47,49,51)(H,50,55,57)/t29?,30?,33?,36-/m1/s1. The Hall–Kier alpha value is -5.31. The molecule has 3 aromatic rings. The molecule has 3 aliphatic heterocycles. The maximum atomic E-state index is 13.4. The third-order valence-electron chi connectivity index (χ3n) is 13.2. The number of nitrogens with zero attached hydrogens (tertiary/aromatic N) is 6. The average molecular weight is 807 g/mol. The molecule has 8 rings (SSSR count). The highest BCUT2D eigenvalue weighted by Crippen LogP contribution is 2.40. The molecular weight excluding hydrogens is 749 g/mol. The average Bonchev–Trinajstić information content (AvgIpc) is 3.80. The Labute approximate surface area is 346 Å². The number of carbonyl (C=O) groups excluding carboxylic acids is 4. The minimum atomic E-state index is -0.362. The van der Waals surface area contributed by atoms with E-state index < -0.39 is 0 Å². The zero-order valence-electron chi connectivity index (χ0n) is 34.5. The third-order valence-corrected chi connectivity index (χ3v) is 13.2. The van der Waals surface area contributed by atoms with Gasteiger partial charge < -0.3 is 35.4 Å². The van der Waals surface area contributed by atoms with Crippen LogP contribution in [0.15, 0.2) is 42.7 Å². The van der Waals surface area contributed by atoms with Crippen molar-refractivity contribution in [3.05, 3.63) is 54.0 Å². The number of hydrogen-bond donors (Lipinski definition) is 4. The van der Waals surface area contributed by atoms with Crippen LogP contribution in [0.25, 0.3) is 0 Å². The van der Waals surface area contributed by atoms with E-state index >= 15 is 0 Å². The summed E-state index contributed by atoms with van der Waals surface area (Å²) in [6, 6.07) is 9.95. The van der Waals surface area contributed by atoms with Crippen LogP contribution in [0.1, 0.15) is 112 Å². The largest absolute Gasteiger partial charge is 0.495 e. The van der Waals surface area contributed by atoms with Crippen molar-refractivity contribution in [2.24, 2.45) is 5.92 Å². The second kappa shape index (κ2) is 17.9. The smallest absolute Gasteiger partial charge is 0.251 e. The SMILES string of the molecule is CC[C@@H]1C(=O)N(C)c2cnc(Nc3ccc(C(=O)NC4CCC(NCC5CCN(c6ccc(C7CCC(=O)NC7=O)nc6)CC5)CC4)cc3OC)nc2N1C1CCCC1. The molecule has 2 aliphatic carbocycles. The Balaban J connectivity index is 0.792. The molecule has 0 bridgehead atoms. The quantitative estimate of drug-likeness (QED) is 0.177. The van der Waals surface area contributed by atoms with Crippen LogP contribution in [0, 0.1) is 5.92 Å². The minimum absolute atomic E-state index is 0.0779. The van der Waals surface area contributed by atoms with E-state index in [0.717, 1.165) is 101 Å². The number of piperidine rings is 2. The first-order valence-electron chi connectivity index (χ1n) is 21.7. The molecule has 1 unspecified atom stereocenters. The van der Waals surface area contributed by atoms with E-state index in [9.17, 15) is 19.2 Å². The van der Waals surface area contributed by atoms with Crippen LogP contribution >= 0.6 is 0 Å². The predicted octanol–water partition coefficient (Wildman–Crippen LogP) is 5.20. The Kier molecular flexibility index (Phi) is 12.3. The predicted molar refractivity (Wildman–Crippen MR) is 226 cm³/mol. The lowest BCUT2D eigenvalue weighted by Gasteiger charge is -2.43. The van der Waals surface area contributed by atoms with Crippen LogP contribution in [0.3, 0.4) is 0 Å². The van der Waals surface area contributed by atoms with Gasteiger partial charge in [0.1, 0.15) is 17.5 Å². The number of ether oxygens (including phenoxy) is 1. The van der Waals surface area contributed by atoms with Crippen molar-refractivity contribution in [2.75, 3.05) is 53.8 Å². The topological polar surface area (TPSA) is 174 Å². The highest BCUT2D eigenvalue weighted by atomic mass is 16.5. The first-order chi connectivity index (χ1) is 28.7. The van der Waals surface area contributed by atoms with E-state index in [0.29, 0.717) is 59.9 Å². The van der Waals surface area contributed by atoms with E-state index in [1.807, 2.05) is 24.4 Å². The fourth-order valence-electron chi connectivity index (χ4n) is 9.71. The van der Waals surface area contributed by atoms with E-state index in [1.165, 1.54) is 0 Å². The Bertz CT molecular complexity index is 2010. The zero-order chi connectivity index (χ0) is 41.0. The van der Waals surface area contributed by atoms with Gasteiger partial charge in [0.2, 0.25) is 23.7 Å². The van der Waals surface area contributed by atoms with Gasteiger partial charge >= 0.3 is 0 Å². The van der Waals surface area contributed by atoms with E-state index in [4.69, 9.17) is 9.72 Å². The molecule has 2 saturated heterocycles. The minimum Gasteiger partial charge on any atom is -0.495 e. The summed E-state index contributed by atoms with van der Waals surface area (Å²) in [4.78, 5) is 70.9. The lowest BCUT2D eigenvalue weighted by Crippen LogP contribution is -2.55. The number of imide groups is 1. The van der Waals surface area contributed by atoms with Crippen LogP contribution in [0.4, 0.5) is 28.8 Å². The Morgan fingerprint density at radius 2 is 1.68 bits per heavy atom. The fourth-order valence-corrected chi connectivity index (χ4v) is 9.71. The molecule has 5 heterocycles. The molecule has 2 aromatic heterocycles. The maximum Gasteiger partial charge on any atom is 0.251 e. The van der Waals surface area contributed by atoms with Gasteiger partial charge in [-0.1, -0.05) is 19.8 Å². The summed E-state index contributed by atoms with van der Waals surface area (Å²) in [5.74, 6) is 1.44. The summed E-state index contributed by atoms with van der Waals surface area (Å²) in [5, 5.41) is 12.8. The molecule has 2 atom stereocenters. The van der Waals surface area contributed by atoms with Crippen molar-refractivity contribution < 1.29 is 23.9 Å². The number of rotatable bonds is 12. The molecule has 4 fully saturated rings. The second-order valence-electron chi connectivity index (χ2n) is 16.9. The summed E-state index contributed by atoms with van der Waals surface area (Å²) in [7, 11) is 3.38. The number of anilines is 5. The second-order valence-corrected chi connectivity index (χ2v) is 16.9. The first-order valence-corrected chi connectivity index (χ1v) is 21.7. The van der Waals surface area contributed by atoms with Crippen LogP contribution < -0.4 is 40.7 Å². The number of pyridine rings is 1. The first kappa shape index (κ1) is 40.5. The summed E-state index contributed by atoms with van der Waals surface area (Å²) in [5.41, 5.74) is 3.69. The molecule has 5 aliphatic rings. The summed E-state index contributed by atoms with van der Waals surface area (Å²) in [6.45, 7) is 4.98. The van der Waals surface area contributed by atoms with Crippen LogP contribution in [-0.4, -0.2) is 96.5 Å². The van der Waals surface area contributed by atoms with Crippen molar-refractivity contribution in [1.29, 1.82) is 0 Å². The molecule has 4 amide bonds. The van der Waals surface area contributed by atoms with Gasteiger partial charge in [-0.15, -0.1) is 0 Å². The van der Waals surface area contributed by atoms with E-state index in [-0.39, 0.29) is 47.7 Å². The summed E-state index contributed by atoms with van der Waals surface area (Å²) >= 11 is 0. The number of likely N-dealkylation sites (N-methyl/N-ethyl adjacent to an activating group) is 1. The lowest BCUT2D eigenvalue weighted by atomic mass is 9.89. The van der Waals surface area contributed by atoms with Gasteiger partial charge in [0.25, 0.3) is 5.91 Å². The van der Waals surface area contributed by atoms with Crippen LogP contribution in [0.5, 0.6) is 5.75 Å². The molecule has 314 valence electrons. The van der Waals surface area contributed by atoms with Crippen molar-refractivity contribution in [3.63, 3.8) is 0 Å². The van der Waals surface area contributed by atoms with Gasteiger partial charge in [0, 0.05) is 50.2 Å². The number of fused-ring (bicyclic) bond motifs is 1. The fraction of sp³-hybridized carbons (Fsp3) is 0.568. The van der Waals surface area contributed by atoms with Crippen LogP contribution in [-0.2, 0) is 14.4 Å². The number of methoxy groups -OCH3 is 1. The molecule has 2 saturated carbocycles. The molecule has 4 N–H and O–H groups in total. The number of nitrogens with one attached hydrogen (secondary N) is 4. The number of hydrogen-bond acceptors (Lipinski definition) is 12. The van der Waals surface area contributed by atoms with Crippen LogP contribution in [0.2, 0.25) is 0 Å². The van der Waals surface area contributed by atoms with Crippen molar-refractivity contribution in [2.45, 2.75) is 120 Å². The zero-order valence-corrected chi connectivity index (χ0v) is 34.5. The number of carbonyl (C=O) groups is 4. The van der Waals surface area contributed by atoms with E-state index in [2.05, 4.69) is 48.0 Å². The highest BCUT2D eigenvalue weighted by Gasteiger charge is 2.41. The maximum absolute atomic E-state index is 13.4. The molecular formula is C44H58N10O5. The normalized spacial score (nSPS) is 24.2. The number of aromatic nitrogens is 3. The molecule has 59 heavy (non-hydrogen) atoms. The molecule has 15 nitrogen and oxygen atoms in total. The molecule has 0 radical (unpaired) electrons. The Morgan fingerprint density at radius 1 is 0.915 bits per heavy atom. The molecule has 15 heteroatoms. The van der Waals surface area contributed by atoms with Crippen molar-refractivity contribution >= 4 is 52.5 Å². The van der Waals surface area contributed by atoms with Gasteiger partial charge in [-0.3, -0.25) is 29.5 Å². The van der Waals surface area contributed by atoms with Crippen molar-refractivity contribution in [1.82, 2.24) is 30.9 Å². The van der Waals surface area contributed by atoms with Gasteiger partial charge in [-0.2, -0.15) is 4.98 Å². The number of amides is 4. The van der Waals surface area contributed by atoms with Gasteiger partial charge in [0.05, 0.1) is 42.5 Å². The molecule has 0 spiro atoms. The summed E-state index contributed by atoms with van der Waals surface area (Å²) in [6.07, 6.45) is 15.6. The Morgan fingerprint density at radius 3 is 2.37 bits per heavy atom. The van der Waals surface area contributed by atoms with Gasteiger partial charge in [0.15, 0.2) is 5.82 Å². The van der Waals surface area contributed by atoms with E-state index in [1.54, 1.807) is 37.4 Å². The van der Waals surface area contributed by atoms with Gasteiger partial charge in [-0.25, -0.2) is 4.98 Å². The highest BCUT2D eigenvalue weighted by molar-refractivity contribution is 6.04. The number of benzene rings is 1.